The van der Waals surface area contributed by atoms with Crippen molar-refractivity contribution in [2.75, 3.05) is 0 Å². The third-order valence-corrected chi connectivity index (χ3v) is 4.68. The molecule has 0 saturated carbocycles. The Labute approximate surface area is 132 Å². The lowest BCUT2D eigenvalue weighted by Crippen LogP contribution is -2.29. The van der Waals surface area contributed by atoms with Crippen molar-refractivity contribution in [2.24, 2.45) is 5.92 Å². The van der Waals surface area contributed by atoms with E-state index >= 15 is 0 Å². The Bertz CT molecular complexity index is 635. The van der Waals surface area contributed by atoms with E-state index in [2.05, 4.69) is 0 Å². The third-order valence-electron chi connectivity index (χ3n) is 3.31. The number of hydrogen-bond donors (Lipinski definition) is 1. The number of amides is 1. The van der Waals surface area contributed by atoms with Crippen LogP contribution >= 0.6 is 0 Å². The minimum absolute atomic E-state index is 0.0240. The first kappa shape index (κ1) is 18.4. The van der Waals surface area contributed by atoms with Crippen molar-refractivity contribution in [3.8, 4) is 0 Å². The molecule has 0 bridgehead atoms. The van der Waals surface area contributed by atoms with Gasteiger partial charge >= 0.3 is 0 Å². The van der Waals surface area contributed by atoms with Gasteiger partial charge in [0.2, 0.25) is 5.91 Å². The summed E-state index contributed by atoms with van der Waals surface area (Å²) in [7, 11) is -3.82. The van der Waals surface area contributed by atoms with Crippen LogP contribution in [-0.2, 0) is 26.0 Å². The standard InChI is InChI=1S/C16H23NO4S/c1-4-16(19)17-22(20,21)14-9-5-7-13(11-14)8-6-10-15(18)12(2)3/h5,7,9,11-12H,4,6,8,10H2,1-3H3,(H,17,19). The molecule has 6 heteroatoms. The molecule has 0 unspecified atom stereocenters. The summed E-state index contributed by atoms with van der Waals surface area (Å²) in [6.07, 6.45) is 1.91. The molecular formula is C16H23NO4S. The van der Waals surface area contributed by atoms with E-state index < -0.39 is 15.9 Å². The Morgan fingerprint density at radius 2 is 1.91 bits per heavy atom. The van der Waals surface area contributed by atoms with Gasteiger partial charge in [-0.3, -0.25) is 9.59 Å². The molecule has 0 aliphatic carbocycles. The van der Waals surface area contributed by atoms with E-state index in [1.807, 2.05) is 24.6 Å². The average molecular weight is 325 g/mol. The highest BCUT2D eigenvalue weighted by Crippen LogP contribution is 2.14. The SMILES string of the molecule is CCC(=O)NS(=O)(=O)c1cccc(CCCC(=O)C(C)C)c1. The first-order valence-electron chi connectivity index (χ1n) is 7.43. The largest absolute Gasteiger partial charge is 0.299 e. The highest BCUT2D eigenvalue weighted by molar-refractivity contribution is 7.90. The van der Waals surface area contributed by atoms with Crippen molar-refractivity contribution < 1.29 is 18.0 Å². The van der Waals surface area contributed by atoms with E-state index in [-0.39, 0.29) is 23.0 Å². The number of hydrogen-bond acceptors (Lipinski definition) is 4. The lowest BCUT2D eigenvalue weighted by atomic mass is 10.0. The predicted molar refractivity (Wildman–Crippen MR) is 84.8 cm³/mol. The number of ketones is 1. The van der Waals surface area contributed by atoms with E-state index in [9.17, 15) is 18.0 Å². The molecule has 0 radical (unpaired) electrons. The van der Waals surface area contributed by atoms with E-state index in [1.165, 1.54) is 6.07 Å². The van der Waals surface area contributed by atoms with Gasteiger partial charge in [-0.15, -0.1) is 0 Å². The molecule has 0 heterocycles. The summed E-state index contributed by atoms with van der Waals surface area (Å²) in [5.41, 5.74) is 0.836. The zero-order chi connectivity index (χ0) is 16.8. The molecule has 0 aliphatic rings. The van der Waals surface area contributed by atoms with Gasteiger partial charge in [-0.05, 0) is 30.5 Å². The highest BCUT2D eigenvalue weighted by atomic mass is 32.2. The molecule has 1 amide bonds. The summed E-state index contributed by atoms with van der Waals surface area (Å²) in [4.78, 5) is 22.9. The van der Waals surface area contributed by atoms with Gasteiger partial charge in [-0.2, -0.15) is 0 Å². The smallest absolute Gasteiger partial charge is 0.264 e. The maximum Gasteiger partial charge on any atom is 0.264 e. The van der Waals surface area contributed by atoms with Crippen molar-refractivity contribution in [1.82, 2.24) is 4.72 Å². The zero-order valence-corrected chi connectivity index (χ0v) is 14.1. The molecule has 0 aromatic heterocycles. The number of nitrogens with one attached hydrogen (secondary N) is 1. The predicted octanol–water partition coefficient (Wildman–Crippen LogP) is 2.45. The van der Waals surface area contributed by atoms with Gasteiger partial charge in [-0.1, -0.05) is 32.9 Å². The van der Waals surface area contributed by atoms with E-state index in [0.29, 0.717) is 19.3 Å². The Morgan fingerprint density at radius 3 is 2.50 bits per heavy atom. The molecule has 22 heavy (non-hydrogen) atoms. The zero-order valence-electron chi connectivity index (χ0n) is 13.3. The van der Waals surface area contributed by atoms with E-state index in [0.717, 1.165) is 5.56 Å². The minimum Gasteiger partial charge on any atom is -0.299 e. The molecule has 1 N–H and O–H groups in total. The number of aryl methyl sites for hydroxylation is 1. The maximum absolute atomic E-state index is 12.0. The second-order valence-electron chi connectivity index (χ2n) is 5.50. The Morgan fingerprint density at radius 1 is 1.23 bits per heavy atom. The van der Waals surface area contributed by atoms with Gasteiger partial charge in [0, 0.05) is 18.8 Å². The summed E-state index contributed by atoms with van der Waals surface area (Å²) in [6.45, 7) is 5.32. The van der Waals surface area contributed by atoms with Gasteiger partial charge < -0.3 is 0 Å². The van der Waals surface area contributed by atoms with Gasteiger partial charge in [-0.25, -0.2) is 13.1 Å². The normalized spacial score (nSPS) is 11.5. The quantitative estimate of drug-likeness (QED) is 0.796. The summed E-state index contributed by atoms with van der Waals surface area (Å²) in [5.74, 6) is -0.303. The number of carbonyl (C=O) groups is 2. The second kappa shape index (κ2) is 8.08. The summed E-state index contributed by atoms with van der Waals surface area (Å²) in [6, 6.07) is 6.46. The molecular weight excluding hydrogens is 302 g/mol. The molecule has 1 aromatic carbocycles. The Kier molecular flexibility index (Phi) is 6.74. The molecule has 5 nitrogen and oxygen atoms in total. The third kappa shape index (κ3) is 5.60. The molecule has 1 aromatic rings. The Hall–Kier alpha value is -1.69. The molecule has 0 spiro atoms. The first-order valence-corrected chi connectivity index (χ1v) is 8.92. The lowest BCUT2D eigenvalue weighted by molar-refractivity contribution is -0.122. The lowest BCUT2D eigenvalue weighted by Gasteiger charge is -2.08. The molecule has 122 valence electrons. The summed E-state index contributed by atoms with van der Waals surface area (Å²) < 4.78 is 26.1. The highest BCUT2D eigenvalue weighted by Gasteiger charge is 2.16. The van der Waals surface area contributed by atoms with Crippen LogP contribution in [-0.4, -0.2) is 20.1 Å². The fourth-order valence-corrected chi connectivity index (χ4v) is 3.03. The number of rotatable bonds is 8. The van der Waals surface area contributed by atoms with Crippen LogP contribution < -0.4 is 4.72 Å². The van der Waals surface area contributed by atoms with Gasteiger partial charge in [0.15, 0.2) is 0 Å². The van der Waals surface area contributed by atoms with Crippen molar-refractivity contribution in [1.29, 1.82) is 0 Å². The molecule has 0 fully saturated rings. The second-order valence-corrected chi connectivity index (χ2v) is 7.19. The van der Waals surface area contributed by atoms with Crippen molar-refractivity contribution in [3.63, 3.8) is 0 Å². The van der Waals surface area contributed by atoms with Gasteiger partial charge in [0.1, 0.15) is 5.78 Å². The average Bonchev–Trinajstić information content (AvgIpc) is 2.46. The van der Waals surface area contributed by atoms with Crippen LogP contribution in [0.4, 0.5) is 0 Å². The van der Waals surface area contributed by atoms with Crippen LogP contribution in [0.15, 0.2) is 29.2 Å². The summed E-state index contributed by atoms with van der Waals surface area (Å²) >= 11 is 0. The number of Topliss-reactive ketones (excluding diaryl/α,β-unsaturated/α-hetero) is 1. The molecule has 0 aliphatic heterocycles. The molecule has 0 saturated heterocycles. The van der Waals surface area contributed by atoms with Crippen molar-refractivity contribution in [3.05, 3.63) is 29.8 Å². The monoisotopic (exact) mass is 325 g/mol. The maximum atomic E-state index is 12.0. The van der Waals surface area contributed by atoms with Gasteiger partial charge in [0.05, 0.1) is 4.90 Å². The van der Waals surface area contributed by atoms with Gasteiger partial charge in [0.25, 0.3) is 10.0 Å². The van der Waals surface area contributed by atoms with Crippen LogP contribution in [0.3, 0.4) is 0 Å². The molecule has 0 atom stereocenters. The number of sulfonamides is 1. The Balaban J connectivity index is 2.74. The van der Waals surface area contributed by atoms with Crippen LogP contribution in [0.5, 0.6) is 0 Å². The van der Waals surface area contributed by atoms with Crippen molar-refractivity contribution >= 4 is 21.7 Å². The summed E-state index contributed by atoms with van der Waals surface area (Å²) in [5, 5.41) is 0. The fraction of sp³-hybridized carbons (Fsp3) is 0.500. The topological polar surface area (TPSA) is 80.3 Å². The number of carbonyl (C=O) groups excluding carboxylic acids is 2. The first-order chi connectivity index (χ1) is 10.3. The van der Waals surface area contributed by atoms with E-state index in [4.69, 9.17) is 0 Å². The molecule has 1 rings (SSSR count). The van der Waals surface area contributed by atoms with Crippen molar-refractivity contribution in [2.45, 2.75) is 51.3 Å². The minimum atomic E-state index is -3.82. The fourth-order valence-electron chi connectivity index (χ4n) is 1.90. The van der Waals surface area contributed by atoms with E-state index in [1.54, 1.807) is 19.1 Å². The van der Waals surface area contributed by atoms with Crippen LogP contribution in [0.2, 0.25) is 0 Å². The van der Waals surface area contributed by atoms with Crippen LogP contribution in [0, 0.1) is 5.92 Å². The van der Waals surface area contributed by atoms with Crippen LogP contribution in [0.1, 0.15) is 45.6 Å². The number of benzene rings is 1. The van der Waals surface area contributed by atoms with Crippen LogP contribution in [0.25, 0.3) is 0 Å².